The van der Waals surface area contributed by atoms with E-state index >= 15 is 0 Å². The van der Waals surface area contributed by atoms with E-state index in [-0.39, 0.29) is 16.5 Å². The van der Waals surface area contributed by atoms with Crippen LogP contribution in [-0.4, -0.2) is 56.0 Å². The van der Waals surface area contributed by atoms with E-state index in [1.807, 2.05) is 5.38 Å². The molecule has 4 rings (SSSR count). The van der Waals surface area contributed by atoms with E-state index in [0.29, 0.717) is 48.0 Å². The van der Waals surface area contributed by atoms with Gasteiger partial charge in [0.15, 0.2) is 10.8 Å². The number of allylic oxidation sites excluding steroid dienone is 1. The van der Waals surface area contributed by atoms with Gasteiger partial charge in [-0.2, -0.15) is 0 Å². The summed E-state index contributed by atoms with van der Waals surface area (Å²) < 4.78 is 44.2. The van der Waals surface area contributed by atoms with Crippen molar-refractivity contribution in [2.75, 3.05) is 26.5 Å². The molecule has 0 amide bonds. The van der Waals surface area contributed by atoms with Crippen LogP contribution in [0.25, 0.3) is 0 Å². The molecule has 1 aromatic carbocycles. The number of sulfonamides is 1. The highest BCUT2D eigenvalue weighted by Crippen LogP contribution is 2.40. The van der Waals surface area contributed by atoms with Gasteiger partial charge in [0, 0.05) is 46.9 Å². The van der Waals surface area contributed by atoms with E-state index in [4.69, 9.17) is 21.3 Å². The molecule has 0 aliphatic carbocycles. The summed E-state index contributed by atoms with van der Waals surface area (Å²) in [5.41, 5.74) is 1.32. The molecule has 2 aliphatic heterocycles. The topological polar surface area (TPSA) is 101 Å². The number of nitrogens with one attached hydrogen (secondary N) is 1. The second kappa shape index (κ2) is 9.49. The number of aromatic nitrogens is 1. The molecule has 0 radical (unpaired) electrons. The standard InChI is InChI=1S/C21H22ClFN4O4S2/c1-31-21(28)16-17(12-5-8-27(9-6-12)33(2,29)30)25-19(20-24-7-10-32-20)26-18(16)14-4-3-13(23)11-15(14)22/h3-4,7,10-12,18H,5-6,8-9H2,1-2H3,(H,25,26). The van der Waals surface area contributed by atoms with E-state index in [1.165, 1.54) is 47.2 Å². The molecule has 2 aliphatic rings. The Balaban J connectivity index is 1.81. The van der Waals surface area contributed by atoms with Gasteiger partial charge in [0.1, 0.15) is 11.9 Å². The van der Waals surface area contributed by atoms with Crippen LogP contribution in [0.1, 0.15) is 29.5 Å². The summed E-state index contributed by atoms with van der Waals surface area (Å²) in [6.45, 7) is 0.656. The van der Waals surface area contributed by atoms with E-state index in [2.05, 4.69) is 10.3 Å². The van der Waals surface area contributed by atoms with Gasteiger partial charge in [0.25, 0.3) is 0 Å². The van der Waals surface area contributed by atoms with Gasteiger partial charge in [0.2, 0.25) is 10.0 Å². The quantitative estimate of drug-likeness (QED) is 0.618. The molecule has 176 valence electrons. The third-order valence-corrected chi connectivity index (χ3v) is 8.11. The summed E-state index contributed by atoms with van der Waals surface area (Å²) in [6.07, 6.45) is 3.84. The maximum Gasteiger partial charge on any atom is 0.338 e. The van der Waals surface area contributed by atoms with Crippen LogP contribution in [-0.2, 0) is 19.6 Å². The minimum Gasteiger partial charge on any atom is -0.466 e. The van der Waals surface area contributed by atoms with Crippen molar-refractivity contribution in [2.45, 2.75) is 18.9 Å². The third-order valence-electron chi connectivity index (χ3n) is 5.70. The Hall–Kier alpha value is -2.34. The maximum absolute atomic E-state index is 13.7. The van der Waals surface area contributed by atoms with Crippen molar-refractivity contribution in [1.82, 2.24) is 14.6 Å². The van der Waals surface area contributed by atoms with Gasteiger partial charge in [-0.3, -0.25) is 4.99 Å². The predicted molar refractivity (Wildman–Crippen MR) is 124 cm³/mol. The lowest BCUT2D eigenvalue weighted by Gasteiger charge is -2.35. The molecule has 0 bridgehead atoms. The number of hydrogen-bond acceptors (Lipinski definition) is 8. The van der Waals surface area contributed by atoms with Crippen LogP contribution in [0.3, 0.4) is 0 Å². The van der Waals surface area contributed by atoms with Crippen molar-refractivity contribution in [1.29, 1.82) is 0 Å². The fraction of sp³-hybridized carbons (Fsp3) is 0.381. The lowest BCUT2D eigenvalue weighted by atomic mass is 9.86. The van der Waals surface area contributed by atoms with Gasteiger partial charge >= 0.3 is 5.97 Å². The van der Waals surface area contributed by atoms with E-state index in [0.717, 1.165) is 0 Å². The summed E-state index contributed by atoms with van der Waals surface area (Å²) in [5, 5.41) is 5.83. The summed E-state index contributed by atoms with van der Waals surface area (Å²) in [6, 6.07) is 3.11. The second-order valence-electron chi connectivity index (χ2n) is 7.76. The molecule has 1 unspecified atom stereocenters. The van der Waals surface area contributed by atoms with Gasteiger partial charge in [0.05, 0.1) is 18.9 Å². The number of aliphatic imine (C=N–C) groups is 1. The number of piperidine rings is 1. The number of thiazole rings is 1. The number of hydrogen-bond donors (Lipinski definition) is 1. The lowest BCUT2D eigenvalue weighted by Crippen LogP contribution is -2.42. The molecular weight excluding hydrogens is 491 g/mol. The molecular formula is C21H22ClFN4O4S2. The first kappa shape index (κ1) is 23.8. The molecule has 3 heterocycles. The normalized spacial score (nSPS) is 20.4. The highest BCUT2D eigenvalue weighted by Gasteiger charge is 2.38. The largest absolute Gasteiger partial charge is 0.466 e. The van der Waals surface area contributed by atoms with Crippen LogP contribution >= 0.6 is 22.9 Å². The van der Waals surface area contributed by atoms with Crippen LogP contribution in [0.4, 0.5) is 4.39 Å². The van der Waals surface area contributed by atoms with Crippen LogP contribution in [0, 0.1) is 11.7 Å². The zero-order valence-corrected chi connectivity index (χ0v) is 20.3. The van der Waals surface area contributed by atoms with Crippen molar-refractivity contribution in [3.63, 3.8) is 0 Å². The number of nitrogens with zero attached hydrogens (tertiary/aromatic N) is 3. The minimum absolute atomic E-state index is 0.136. The van der Waals surface area contributed by atoms with Crippen molar-refractivity contribution >= 4 is 44.8 Å². The summed E-state index contributed by atoms with van der Waals surface area (Å²) >= 11 is 7.74. The molecule has 8 nitrogen and oxygen atoms in total. The molecule has 1 aromatic heterocycles. The van der Waals surface area contributed by atoms with E-state index in [1.54, 1.807) is 6.20 Å². The van der Waals surface area contributed by atoms with E-state index < -0.39 is 27.9 Å². The number of ether oxygens (including phenoxy) is 1. The average Bonchev–Trinajstić information content (AvgIpc) is 3.32. The number of methoxy groups -OCH3 is 1. The van der Waals surface area contributed by atoms with Crippen LogP contribution in [0.15, 0.2) is 46.0 Å². The van der Waals surface area contributed by atoms with Gasteiger partial charge in [-0.05, 0) is 25.0 Å². The number of benzene rings is 1. The van der Waals surface area contributed by atoms with Gasteiger partial charge in [-0.1, -0.05) is 17.7 Å². The first-order valence-corrected chi connectivity index (χ1v) is 13.3. The predicted octanol–water partition coefficient (Wildman–Crippen LogP) is 3.13. The maximum atomic E-state index is 13.7. The second-order valence-corrected chi connectivity index (χ2v) is 11.0. The van der Waals surface area contributed by atoms with Crippen LogP contribution in [0.2, 0.25) is 5.02 Å². The average molecular weight is 513 g/mol. The van der Waals surface area contributed by atoms with Crippen molar-refractivity contribution in [2.24, 2.45) is 10.9 Å². The number of amidine groups is 1. The summed E-state index contributed by atoms with van der Waals surface area (Å²) in [5.74, 6) is -0.776. The molecule has 1 N–H and O–H groups in total. The molecule has 1 fully saturated rings. The first-order chi connectivity index (χ1) is 15.7. The number of esters is 1. The zero-order chi connectivity index (χ0) is 23.8. The van der Waals surface area contributed by atoms with Crippen molar-refractivity contribution in [3.05, 3.63) is 62.5 Å². The van der Waals surface area contributed by atoms with Gasteiger partial charge in [-0.15, -0.1) is 11.3 Å². The summed E-state index contributed by atoms with van der Waals surface area (Å²) in [4.78, 5) is 22.0. The molecule has 0 spiro atoms. The molecule has 0 saturated carbocycles. The van der Waals surface area contributed by atoms with Gasteiger partial charge < -0.3 is 10.1 Å². The number of halogens is 2. The van der Waals surface area contributed by atoms with Crippen molar-refractivity contribution < 1.29 is 22.3 Å². The van der Waals surface area contributed by atoms with E-state index in [9.17, 15) is 17.6 Å². The molecule has 2 aromatic rings. The third kappa shape index (κ3) is 4.96. The molecule has 33 heavy (non-hydrogen) atoms. The monoisotopic (exact) mass is 512 g/mol. The Morgan fingerprint density at radius 2 is 2.06 bits per heavy atom. The first-order valence-electron chi connectivity index (χ1n) is 10.2. The van der Waals surface area contributed by atoms with Crippen molar-refractivity contribution in [3.8, 4) is 0 Å². The molecule has 1 atom stereocenters. The minimum atomic E-state index is -3.30. The Morgan fingerprint density at radius 1 is 1.33 bits per heavy atom. The smallest absolute Gasteiger partial charge is 0.338 e. The highest BCUT2D eigenvalue weighted by atomic mass is 35.5. The van der Waals surface area contributed by atoms with Crippen LogP contribution in [0.5, 0.6) is 0 Å². The fourth-order valence-corrected chi connectivity index (χ4v) is 5.83. The zero-order valence-electron chi connectivity index (χ0n) is 17.9. The highest BCUT2D eigenvalue weighted by molar-refractivity contribution is 7.88. The fourth-order valence-electron chi connectivity index (χ4n) is 4.10. The Bertz CT molecular complexity index is 1220. The van der Waals surface area contributed by atoms with Gasteiger partial charge in [-0.25, -0.2) is 26.9 Å². The molecule has 12 heteroatoms. The molecule has 1 saturated heterocycles. The number of carbonyl (C=O) groups excluding carboxylic acids is 1. The number of carbonyl (C=O) groups is 1. The summed E-state index contributed by atoms with van der Waals surface area (Å²) in [7, 11) is -2.02. The SMILES string of the molecule is COC(=O)C1=C(C2CCN(S(C)(=O)=O)CC2)NC(c2nccs2)=NC1c1ccc(F)cc1Cl. The van der Waals surface area contributed by atoms with Crippen LogP contribution < -0.4 is 5.32 Å². The Labute approximate surface area is 200 Å². The number of rotatable bonds is 5. The Kier molecular flexibility index (Phi) is 6.85. The lowest BCUT2D eigenvalue weighted by molar-refractivity contribution is -0.136. The Morgan fingerprint density at radius 3 is 2.64 bits per heavy atom.